The first-order chi connectivity index (χ1) is 2.00. The molecule has 0 bridgehead atoms. The maximum atomic E-state index is 8.55. The van der Waals surface area contributed by atoms with Crippen LogP contribution in [0, 0.1) is 0 Å². The molecule has 10 heavy (non-hydrogen) atoms. The van der Waals surface area contributed by atoms with Gasteiger partial charge in [0.15, 0.2) is 0 Å². The molecule has 0 aromatic heterocycles. The molecule has 7 nitrogen and oxygen atoms in total. The SMILES string of the molecule is O.O.O.O=P([O-])([O-])[O-].[K+].[K+]. The fraction of sp³-hybridized carbons (Fsp3) is 0. The number of rotatable bonds is 0. The zero-order chi connectivity index (χ0) is 4.50. The largest absolute Gasteiger partial charge is 1.00 e. The van der Waals surface area contributed by atoms with Crippen LogP contribution >= 0.6 is 7.82 Å². The number of hydrogen-bond donors (Lipinski definition) is 0. The molecule has 0 heterocycles. The molecule has 0 spiro atoms. The van der Waals surface area contributed by atoms with E-state index in [4.69, 9.17) is 19.2 Å². The second kappa shape index (κ2) is 18.1. The normalized spacial score (nSPS) is 5.90. The topological polar surface area (TPSA) is 181 Å². The third-order valence-electron chi connectivity index (χ3n) is 0. The summed E-state index contributed by atoms with van der Waals surface area (Å²) in [6, 6.07) is 0. The van der Waals surface area contributed by atoms with Crippen molar-refractivity contribution in [2.24, 2.45) is 0 Å². The Morgan fingerprint density at radius 1 is 0.800 bits per heavy atom. The van der Waals surface area contributed by atoms with Gasteiger partial charge < -0.3 is 35.7 Å². The smallest absolute Gasteiger partial charge is 0.822 e. The van der Waals surface area contributed by atoms with Gasteiger partial charge in [-0.05, 0) is 0 Å². The van der Waals surface area contributed by atoms with Gasteiger partial charge in [0.1, 0.15) is 0 Å². The number of hydrogen-bond acceptors (Lipinski definition) is 4. The van der Waals surface area contributed by atoms with Gasteiger partial charge in [0.25, 0.3) is 0 Å². The van der Waals surface area contributed by atoms with Crippen LogP contribution in [0.2, 0.25) is 0 Å². The molecule has 0 saturated heterocycles. The first kappa shape index (κ1) is 37.8. The summed E-state index contributed by atoms with van der Waals surface area (Å²) in [5.41, 5.74) is 0. The summed E-state index contributed by atoms with van der Waals surface area (Å²) in [4.78, 5) is 25.6. The molecule has 0 aromatic carbocycles. The summed E-state index contributed by atoms with van der Waals surface area (Å²) in [6.07, 6.45) is 0. The molecule has 0 amide bonds. The molecule has 0 aliphatic rings. The van der Waals surface area contributed by atoms with Crippen LogP contribution in [0.3, 0.4) is 0 Å². The van der Waals surface area contributed by atoms with Gasteiger partial charge in [0.05, 0.1) is 0 Å². The molecule has 6 N–H and O–H groups in total. The molecule has 0 atom stereocenters. The van der Waals surface area contributed by atoms with Crippen molar-refractivity contribution in [2.75, 3.05) is 0 Å². The fourth-order valence-electron chi connectivity index (χ4n) is 0. The van der Waals surface area contributed by atoms with E-state index in [1.165, 1.54) is 0 Å². The summed E-state index contributed by atoms with van der Waals surface area (Å²) in [5.74, 6) is 0. The summed E-state index contributed by atoms with van der Waals surface area (Å²) in [7, 11) is -5.39. The minimum absolute atomic E-state index is 0. The summed E-state index contributed by atoms with van der Waals surface area (Å²) >= 11 is 0. The quantitative estimate of drug-likeness (QED) is 0.294. The molecule has 0 saturated carbocycles. The van der Waals surface area contributed by atoms with E-state index in [0.717, 1.165) is 0 Å². The third-order valence-corrected chi connectivity index (χ3v) is 0. The molecule has 0 aliphatic carbocycles. The maximum absolute atomic E-state index is 8.55. The first-order valence-corrected chi connectivity index (χ1v) is 2.19. The Morgan fingerprint density at radius 3 is 0.800 bits per heavy atom. The zero-order valence-electron chi connectivity index (χ0n) is 5.58. The Hall–Kier alpha value is 3.26. The molecule has 0 fully saturated rings. The van der Waals surface area contributed by atoms with Gasteiger partial charge in [-0.3, -0.25) is 0 Å². The van der Waals surface area contributed by atoms with Crippen molar-refractivity contribution in [3.63, 3.8) is 0 Å². The van der Waals surface area contributed by atoms with E-state index in [-0.39, 0.29) is 119 Å². The molecule has 0 aromatic rings. The van der Waals surface area contributed by atoms with Crippen LogP contribution in [0.4, 0.5) is 0 Å². The van der Waals surface area contributed by atoms with Crippen molar-refractivity contribution in [2.45, 2.75) is 0 Å². The average Bonchev–Trinajstić information content (AvgIpc) is 0.722. The Balaban J connectivity index is -0.00000000800. The van der Waals surface area contributed by atoms with E-state index in [2.05, 4.69) is 0 Å². The van der Waals surface area contributed by atoms with Crippen molar-refractivity contribution >= 4 is 7.82 Å². The van der Waals surface area contributed by atoms with Gasteiger partial charge in [0.2, 0.25) is 0 Å². The minimum atomic E-state index is -5.39. The molecular formula is H6K2O7P-. The monoisotopic (exact) mass is 227 g/mol. The van der Waals surface area contributed by atoms with E-state index in [1.807, 2.05) is 0 Å². The summed E-state index contributed by atoms with van der Waals surface area (Å²) in [6.45, 7) is 0. The molecule has 10 heteroatoms. The molecule has 0 unspecified atom stereocenters. The second-order valence-electron chi connectivity index (χ2n) is 0.447. The van der Waals surface area contributed by atoms with Gasteiger partial charge in [-0.15, -0.1) is 0 Å². The van der Waals surface area contributed by atoms with Gasteiger partial charge in [0, 0.05) is 0 Å². The zero-order valence-corrected chi connectivity index (χ0v) is 12.7. The van der Waals surface area contributed by atoms with Gasteiger partial charge in [-0.2, -0.15) is 7.82 Å². The summed E-state index contributed by atoms with van der Waals surface area (Å²) in [5, 5.41) is 0. The van der Waals surface area contributed by atoms with Crippen molar-refractivity contribution < 1.29 is 138 Å². The molecule has 56 valence electrons. The third kappa shape index (κ3) is 111. The van der Waals surface area contributed by atoms with E-state index < -0.39 is 7.82 Å². The Kier molecular flexibility index (Phi) is 68.5. The minimum Gasteiger partial charge on any atom is -0.822 e. The Labute approximate surface area is 143 Å². The molecule has 0 rings (SSSR count). The van der Waals surface area contributed by atoms with Crippen molar-refractivity contribution in [1.82, 2.24) is 0 Å². The van der Waals surface area contributed by atoms with E-state index in [0.29, 0.717) is 0 Å². The standard InChI is InChI=1S/2K.H3O4P.3H2O/c;;1-5(2,3)4;;;/h;;(H3,1,2,3,4);3*1H2/q2*+1;;;;/p-3. The van der Waals surface area contributed by atoms with E-state index in [1.54, 1.807) is 0 Å². The van der Waals surface area contributed by atoms with E-state index >= 15 is 0 Å². The average molecular weight is 227 g/mol. The van der Waals surface area contributed by atoms with Gasteiger partial charge >= 0.3 is 103 Å². The van der Waals surface area contributed by atoms with Crippen molar-refractivity contribution in [3.05, 3.63) is 0 Å². The van der Waals surface area contributed by atoms with Crippen LogP contribution in [0.5, 0.6) is 0 Å². The Bertz CT molecular complexity index is 57.7. The van der Waals surface area contributed by atoms with Crippen LogP contribution in [0.25, 0.3) is 0 Å². The number of phosphoric acid groups is 1. The predicted octanol–water partition coefficient (Wildman–Crippen LogP) is -11.3. The fourth-order valence-corrected chi connectivity index (χ4v) is 0. The van der Waals surface area contributed by atoms with Crippen LogP contribution in [-0.2, 0) is 4.57 Å². The van der Waals surface area contributed by atoms with Crippen LogP contribution in [0.15, 0.2) is 0 Å². The van der Waals surface area contributed by atoms with Crippen LogP contribution in [-0.4, -0.2) is 16.4 Å². The second-order valence-corrected chi connectivity index (χ2v) is 1.34. The summed E-state index contributed by atoms with van der Waals surface area (Å²) < 4.78 is 8.55. The molecular weight excluding hydrogens is 221 g/mol. The van der Waals surface area contributed by atoms with Crippen molar-refractivity contribution in [3.8, 4) is 0 Å². The van der Waals surface area contributed by atoms with Crippen LogP contribution in [0.1, 0.15) is 0 Å². The first-order valence-electron chi connectivity index (χ1n) is 0.730. The van der Waals surface area contributed by atoms with Crippen LogP contribution < -0.4 is 117 Å². The molecule has 0 radical (unpaired) electrons. The maximum Gasteiger partial charge on any atom is 1.00 e. The van der Waals surface area contributed by atoms with Gasteiger partial charge in [-0.1, -0.05) is 0 Å². The predicted molar refractivity (Wildman–Crippen MR) is 18.4 cm³/mol. The van der Waals surface area contributed by atoms with E-state index in [9.17, 15) is 0 Å². The Morgan fingerprint density at radius 2 is 0.800 bits per heavy atom. The van der Waals surface area contributed by atoms with Crippen molar-refractivity contribution in [1.29, 1.82) is 0 Å². The molecule has 0 aliphatic heterocycles. The van der Waals surface area contributed by atoms with Gasteiger partial charge in [-0.25, -0.2) is 0 Å².